The van der Waals surface area contributed by atoms with Gasteiger partial charge in [-0.05, 0) is 24.3 Å². The Morgan fingerprint density at radius 3 is 2.83 bits per heavy atom. The van der Waals surface area contributed by atoms with Crippen molar-refractivity contribution in [2.75, 3.05) is 0 Å². The molecule has 1 unspecified atom stereocenters. The maximum Gasteiger partial charge on any atom is 0.303 e. The molecule has 5 heteroatoms. The Morgan fingerprint density at radius 2 is 2.39 bits per heavy atom. The van der Waals surface area contributed by atoms with E-state index in [1.54, 1.807) is 11.3 Å². The van der Waals surface area contributed by atoms with E-state index in [-0.39, 0.29) is 12.8 Å². The van der Waals surface area contributed by atoms with Crippen molar-refractivity contribution < 1.29 is 9.90 Å². The molecule has 0 spiro atoms. The zero-order valence-corrected chi connectivity index (χ0v) is 11.8. The first-order valence-electron chi connectivity index (χ1n) is 5.73. The van der Waals surface area contributed by atoms with E-state index in [1.807, 2.05) is 24.4 Å². The number of carbonyl (C=O) groups is 1. The number of aliphatic carboxylic acids is 1. The predicted molar refractivity (Wildman–Crippen MR) is 75.8 cm³/mol. The first-order valence-corrected chi connectivity index (χ1v) is 7.01. The van der Waals surface area contributed by atoms with Crippen LogP contribution >= 0.6 is 23.6 Å². The van der Waals surface area contributed by atoms with Crippen molar-refractivity contribution in [1.82, 2.24) is 0 Å². The van der Waals surface area contributed by atoms with Gasteiger partial charge in [-0.2, -0.15) is 5.26 Å². The average Bonchev–Trinajstić information content (AvgIpc) is 2.86. The molecule has 1 aromatic heterocycles. The third kappa shape index (κ3) is 3.62. The number of hydrogen-bond donors (Lipinski definition) is 1. The number of thiophene rings is 1. The molecule has 96 valence electrons. The monoisotopic (exact) mass is 281 g/mol. The normalized spacial score (nSPS) is 13.6. The zero-order valence-electron chi connectivity index (χ0n) is 10.2. The van der Waals surface area contributed by atoms with Crippen molar-refractivity contribution in [1.29, 1.82) is 5.26 Å². The highest BCUT2D eigenvalue weighted by molar-refractivity contribution is 7.80. The van der Waals surface area contributed by atoms with Crippen LogP contribution in [0.2, 0.25) is 0 Å². The molecule has 0 fully saturated rings. The van der Waals surface area contributed by atoms with Crippen molar-refractivity contribution in [3.63, 3.8) is 0 Å². The van der Waals surface area contributed by atoms with E-state index in [1.165, 1.54) is 0 Å². The SMILES string of the molecule is CCC(=S)C(C#N)(CCC(=O)O)Cc1cccs1. The largest absolute Gasteiger partial charge is 0.481 e. The van der Waals surface area contributed by atoms with Crippen LogP contribution in [-0.2, 0) is 11.2 Å². The number of carboxylic acids is 1. The van der Waals surface area contributed by atoms with Gasteiger partial charge in [-0.3, -0.25) is 4.79 Å². The average molecular weight is 281 g/mol. The first-order chi connectivity index (χ1) is 8.54. The molecule has 0 bridgehead atoms. The predicted octanol–water partition coefficient (Wildman–Crippen LogP) is 3.45. The summed E-state index contributed by atoms with van der Waals surface area (Å²) in [6.07, 6.45) is 1.39. The third-order valence-corrected chi connectivity index (χ3v) is 4.45. The lowest BCUT2D eigenvalue weighted by molar-refractivity contribution is -0.137. The zero-order chi connectivity index (χ0) is 13.6. The molecule has 0 radical (unpaired) electrons. The molecule has 1 heterocycles. The summed E-state index contributed by atoms with van der Waals surface area (Å²) in [6, 6.07) is 6.14. The quantitative estimate of drug-likeness (QED) is 0.778. The molecule has 1 rings (SSSR count). The van der Waals surface area contributed by atoms with Crippen LogP contribution < -0.4 is 0 Å². The molecule has 18 heavy (non-hydrogen) atoms. The Labute approximate surface area is 116 Å². The summed E-state index contributed by atoms with van der Waals surface area (Å²) in [5, 5.41) is 20.2. The van der Waals surface area contributed by atoms with E-state index in [9.17, 15) is 10.1 Å². The van der Waals surface area contributed by atoms with Gasteiger partial charge in [-0.1, -0.05) is 25.2 Å². The van der Waals surface area contributed by atoms with Crippen LogP contribution in [0, 0.1) is 16.7 Å². The van der Waals surface area contributed by atoms with E-state index in [2.05, 4.69) is 6.07 Å². The van der Waals surface area contributed by atoms with E-state index in [0.29, 0.717) is 17.7 Å². The number of rotatable bonds is 7. The Hall–Kier alpha value is -1.25. The summed E-state index contributed by atoms with van der Waals surface area (Å²) >= 11 is 6.87. The number of thiocarbonyl (C=S) groups is 1. The Bertz CT molecular complexity index is 462. The van der Waals surface area contributed by atoms with Crippen LogP contribution in [0.15, 0.2) is 17.5 Å². The van der Waals surface area contributed by atoms with Crippen molar-refractivity contribution in [3.8, 4) is 6.07 Å². The van der Waals surface area contributed by atoms with Crippen LogP contribution in [0.25, 0.3) is 0 Å². The highest BCUT2D eigenvalue weighted by Crippen LogP contribution is 2.33. The van der Waals surface area contributed by atoms with E-state index < -0.39 is 11.4 Å². The molecule has 1 N–H and O–H groups in total. The summed E-state index contributed by atoms with van der Waals surface area (Å²) < 4.78 is 0. The number of nitrogens with zero attached hydrogens (tertiary/aromatic N) is 1. The van der Waals surface area contributed by atoms with Gasteiger partial charge in [0.05, 0.1) is 11.5 Å². The minimum atomic E-state index is -0.889. The van der Waals surface area contributed by atoms with Crippen LogP contribution in [0.1, 0.15) is 31.1 Å². The fraction of sp³-hybridized carbons (Fsp3) is 0.462. The molecular weight excluding hydrogens is 266 g/mol. The highest BCUT2D eigenvalue weighted by Gasteiger charge is 2.35. The van der Waals surface area contributed by atoms with Crippen LogP contribution in [0.5, 0.6) is 0 Å². The molecule has 0 aromatic carbocycles. The maximum atomic E-state index is 10.7. The number of nitriles is 1. The second-order valence-corrected chi connectivity index (χ2v) is 5.65. The fourth-order valence-corrected chi connectivity index (χ4v) is 2.89. The van der Waals surface area contributed by atoms with Crippen LogP contribution in [0.4, 0.5) is 0 Å². The minimum Gasteiger partial charge on any atom is -0.481 e. The van der Waals surface area contributed by atoms with Gasteiger partial charge in [-0.15, -0.1) is 11.3 Å². The third-order valence-electron chi connectivity index (χ3n) is 2.89. The first kappa shape index (κ1) is 14.8. The second kappa shape index (κ2) is 6.62. The van der Waals surface area contributed by atoms with Crippen molar-refractivity contribution in [2.45, 2.75) is 32.6 Å². The molecule has 0 aliphatic heterocycles. The topological polar surface area (TPSA) is 61.1 Å². The van der Waals surface area contributed by atoms with Crippen molar-refractivity contribution in [3.05, 3.63) is 22.4 Å². The summed E-state index contributed by atoms with van der Waals surface area (Å²) in [4.78, 5) is 12.4. The maximum absolute atomic E-state index is 10.7. The molecule has 0 aliphatic rings. The number of hydrogen-bond acceptors (Lipinski definition) is 4. The smallest absolute Gasteiger partial charge is 0.303 e. The Morgan fingerprint density at radius 1 is 1.67 bits per heavy atom. The van der Waals surface area contributed by atoms with Gasteiger partial charge in [0.25, 0.3) is 0 Å². The van der Waals surface area contributed by atoms with Gasteiger partial charge >= 0.3 is 5.97 Å². The molecule has 0 amide bonds. The summed E-state index contributed by atoms with van der Waals surface area (Å²) in [5.74, 6) is -0.889. The summed E-state index contributed by atoms with van der Waals surface area (Å²) in [5.41, 5.74) is -0.826. The fourth-order valence-electron chi connectivity index (χ4n) is 1.85. The summed E-state index contributed by atoms with van der Waals surface area (Å²) in [6.45, 7) is 1.91. The molecule has 1 aromatic rings. The Kier molecular flexibility index (Phi) is 5.45. The van der Waals surface area contributed by atoms with Crippen molar-refractivity contribution in [2.24, 2.45) is 5.41 Å². The molecular formula is C13H15NO2S2. The Balaban J connectivity index is 2.95. The van der Waals surface area contributed by atoms with Gasteiger partial charge in [0.1, 0.15) is 0 Å². The molecule has 0 aliphatic carbocycles. The lowest BCUT2D eigenvalue weighted by Gasteiger charge is -2.26. The number of carboxylic acid groups (broad SMARTS) is 1. The second-order valence-electron chi connectivity index (χ2n) is 4.12. The standard InChI is InChI=1S/C13H15NO2S2/c1-2-11(17)13(9-14,6-5-12(15)16)8-10-4-3-7-18-10/h3-4,7H,2,5-6,8H2,1H3,(H,15,16). The highest BCUT2D eigenvalue weighted by atomic mass is 32.1. The van der Waals surface area contributed by atoms with Gasteiger partial charge in [0, 0.05) is 22.6 Å². The van der Waals surface area contributed by atoms with Crippen LogP contribution in [0.3, 0.4) is 0 Å². The van der Waals surface area contributed by atoms with E-state index >= 15 is 0 Å². The van der Waals surface area contributed by atoms with Gasteiger partial charge in [0.2, 0.25) is 0 Å². The van der Waals surface area contributed by atoms with Gasteiger partial charge < -0.3 is 5.11 Å². The van der Waals surface area contributed by atoms with E-state index in [0.717, 1.165) is 4.88 Å². The van der Waals surface area contributed by atoms with Gasteiger partial charge in [0.15, 0.2) is 0 Å². The molecule has 0 saturated heterocycles. The summed E-state index contributed by atoms with van der Waals surface area (Å²) in [7, 11) is 0. The van der Waals surface area contributed by atoms with Crippen LogP contribution in [-0.4, -0.2) is 15.9 Å². The van der Waals surface area contributed by atoms with Crippen molar-refractivity contribution >= 4 is 34.4 Å². The molecule has 3 nitrogen and oxygen atoms in total. The molecule has 0 saturated carbocycles. The lowest BCUT2D eigenvalue weighted by atomic mass is 9.77. The molecule has 1 atom stereocenters. The van der Waals surface area contributed by atoms with Gasteiger partial charge in [-0.25, -0.2) is 0 Å². The minimum absolute atomic E-state index is 0.0287. The van der Waals surface area contributed by atoms with E-state index in [4.69, 9.17) is 17.3 Å². The lowest BCUT2D eigenvalue weighted by Crippen LogP contribution is -2.31.